The first kappa shape index (κ1) is 18.5. The fourth-order valence-electron chi connectivity index (χ4n) is 3.51. The number of aryl methyl sites for hydroxylation is 1. The summed E-state index contributed by atoms with van der Waals surface area (Å²) in [6, 6.07) is 23.0. The Labute approximate surface area is 180 Å². The molecule has 3 aromatic carbocycles. The molecule has 0 unspecified atom stereocenters. The molecule has 5 rings (SSSR count). The van der Waals surface area contributed by atoms with Crippen LogP contribution in [0.3, 0.4) is 0 Å². The Morgan fingerprint density at radius 3 is 2.53 bits per heavy atom. The summed E-state index contributed by atoms with van der Waals surface area (Å²) in [5, 5.41) is 5.53. The van der Waals surface area contributed by atoms with Crippen LogP contribution in [0.4, 0.5) is 0 Å². The van der Waals surface area contributed by atoms with Crippen LogP contribution in [0.25, 0.3) is 39.3 Å². The SMILES string of the molecule is Cc1cccc(-n2cc(-c3nc(-c4cccc(Br)c4)no3)c3ccccc3c2=O)c1. The number of hydrogen-bond acceptors (Lipinski definition) is 4. The summed E-state index contributed by atoms with van der Waals surface area (Å²) in [7, 11) is 0. The van der Waals surface area contributed by atoms with Gasteiger partial charge in [-0.15, -0.1) is 0 Å². The van der Waals surface area contributed by atoms with E-state index in [0.717, 1.165) is 26.7 Å². The Morgan fingerprint density at radius 2 is 1.73 bits per heavy atom. The number of pyridine rings is 1. The summed E-state index contributed by atoms with van der Waals surface area (Å²) in [4.78, 5) is 17.8. The molecule has 30 heavy (non-hydrogen) atoms. The maximum Gasteiger partial charge on any atom is 0.262 e. The van der Waals surface area contributed by atoms with E-state index >= 15 is 0 Å². The second-order valence-electron chi connectivity index (χ2n) is 7.04. The van der Waals surface area contributed by atoms with Crippen LogP contribution in [0.5, 0.6) is 0 Å². The molecule has 0 bridgehead atoms. The Kier molecular flexibility index (Phi) is 4.56. The molecule has 5 aromatic rings. The lowest BCUT2D eigenvalue weighted by Crippen LogP contribution is -2.18. The lowest BCUT2D eigenvalue weighted by atomic mass is 10.1. The monoisotopic (exact) mass is 457 g/mol. The van der Waals surface area contributed by atoms with Crippen molar-refractivity contribution in [1.29, 1.82) is 0 Å². The van der Waals surface area contributed by atoms with Gasteiger partial charge >= 0.3 is 0 Å². The largest absolute Gasteiger partial charge is 0.334 e. The number of nitrogens with zero attached hydrogens (tertiary/aromatic N) is 3. The third-order valence-corrected chi connectivity index (χ3v) is 5.44. The summed E-state index contributed by atoms with van der Waals surface area (Å²) in [6.45, 7) is 2.00. The Morgan fingerprint density at radius 1 is 0.933 bits per heavy atom. The molecule has 0 aliphatic heterocycles. The van der Waals surface area contributed by atoms with E-state index in [2.05, 4.69) is 26.1 Å². The zero-order valence-corrected chi connectivity index (χ0v) is 17.6. The number of fused-ring (bicyclic) bond motifs is 1. The zero-order chi connectivity index (χ0) is 20.7. The first-order valence-corrected chi connectivity index (χ1v) is 10.2. The molecule has 0 aliphatic rings. The predicted octanol–water partition coefficient (Wildman–Crippen LogP) is 5.78. The van der Waals surface area contributed by atoms with Crippen molar-refractivity contribution < 1.29 is 4.52 Å². The molecule has 0 atom stereocenters. The predicted molar refractivity (Wildman–Crippen MR) is 121 cm³/mol. The number of aromatic nitrogens is 3. The lowest BCUT2D eigenvalue weighted by Gasteiger charge is -2.11. The van der Waals surface area contributed by atoms with E-state index in [1.807, 2.05) is 79.7 Å². The molecule has 2 heterocycles. The van der Waals surface area contributed by atoms with Gasteiger partial charge < -0.3 is 4.52 Å². The van der Waals surface area contributed by atoms with Crippen molar-refractivity contribution in [1.82, 2.24) is 14.7 Å². The smallest absolute Gasteiger partial charge is 0.262 e. The van der Waals surface area contributed by atoms with Gasteiger partial charge in [-0.1, -0.05) is 63.6 Å². The average molecular weight is 458 g/mol. The van der Waals surface area contributed by atoms with Crippen LogP contribution in [-0.2, 0) is 0 Å². The summed E-state index contributed by atoms with van der Waals surface area (Å²) < 4.78 is 8.18. The number of benzene rings is 3. The minimum Gasteiger partial charge on any atom is -0.334 e. The van der Waals surface area contributed by atoms with E-state index in [-0.39, 0.29) is 5.56 Å². The molecular weight excluding hydrogens is 442 g/mol. The van der Waals surface area contributed by atoms with Crippen LogP contribution in [0.2, 0.25) is 0 Å². The number of hydrogen-bond donors (Lipinski definition) is 0. The summed E-state index contributed by atoms with van der Waals surface area (Å²) in [5.74, 6) is 0.853. The number of rotatable bonds is 3. The molecule has 146 valence electrons. The minimum atomic E-state index is -0.0910. The topological polar surface area (TPSA) is 60.9 Å². The fourth-order valence-corrected chi connectivity index (χ4v) is 3.91. The van der Waals surface area contributed by atoms with Crippen molar-refractivity contribution in [2.75, 3.05) is 0 Å². The molecule has 0 saturated carbocycles. The Balaban J connectivity index is 1.74. The summed E-state index contributed by atoms with van der Waals surface area (Å²) in [5.41, 5.74) is 3.32. The summed E-state index contributed by atoms with van der Waals surface area (Å²) >= 11 is 3.47. The highest BCUT2D eigenvalue weighted by atomic mass is 79.9. The molecule has 6 heteroatoms. The Hall–Kier alpha value is -3.51. The molecular formula is C24H16BrN3O2. The molecule has 0 aliphatic carbocycles. The normalized spacial score (nSPS) is 11.1. The van der Waals surface area contributed by atoms with Gasteiger partial charge in [-0.3, -0.25) is 9.36 Å². The quantitative estimate of drug-likeness (QED) is 0.344. The third-order valence-electron chi connectivity index (χ3n) is 4.94. The molecule has 0 saturated heterocycles. The highest BCUT2D eigenvalue weighted by Crippen LogP contribution is 2.29. The van der Waals surface area contributed by atoms with Crippen molar-refractivity contribution in [2.24, 2.45) is 0 Å². The van der Waals surface area contributed by atoms with E-state index < -0.39 is 0 Å². The first-order valence-electron chi connectivity index (χ1n) is 9.41. The standard InChI is InChI=1S/C24H16BrN3O2/c1-15-6-4-9-18(12-15)28-14-21(19-10-2-3-11-20(19)24(28)29)23-26-22(27-30-23)16-7-5-8-17(25)13-16/h2-14H,1H3. The van der Waals surface area contributed by atoms with Crippen molar-refractivity contribution in [2.45, 2.75) is 6.92 Å². The maximum absolute atomic E-state index is 13.2. The van der Waals surface area contributed by atoms with Crippen LogP contribution < -0.4 is 5.56 Å². The van der Waals surface area contributed by atoms with E-state index in [1.54, 1.807) is 10.8 Å². The van der Waals surface area contributed by atoms with Gasteiger partial charge in [0.2, 0.25) is 5.82 Å². The highest BCUT2D eigenvalue weighted by molar-refractivity contribution is 9.10. The van der Waals surface area contributed by atoms with E-state index in [9.17, 15) is 4.79 Å². The van der Waals surface area contributed by atoms with Gasteiger partial charge in [-0.05, 0) is 42.8 Å². The van der Waals surface area contributed by atoms with Gasteiger partial charge in [0.15, 0.2) is 0 Å². The average Bonchev–Trinajstić information content (AvgIpc) is 3.24. The van der Waals surface area contributed by atoms with Crippen LogP contribution in [0.15, 0.2) is 92.8 Å². The van der Waals surface area contributed by atoms with Gasteiger partial charge in [0.05, 0.1) is 5.56 Å². The van der Waals surface area contributed by atoms with Crippen molar-refractivity contribution in [3.63, 3.8) is 0 Å². The van der Waals surface area contributed by atoms with E-state index in [0.29, 0.717) is 22.7 Å². The second kappa shape index (κ2) is 7.39. The van der Waals surface area contributed by atoms with Gasteiger partial charge in [-0.25, -0.2) is 0 Å². The van der Waals surface area contributed by atoms with Crippen LogP contribution >= 0.6 is 15.9 Å². The molecule has 2 aromatic heterocycles. The van der Waals surface area contributed by atoms with Crippen molar-refractivity contribution in [3.05, 3.63) is 99.4 Å². The van der Waals surface area contributed by atoms with Gasteiger partial charge in [-0.2, -0.15) is 4.98 Å². The Bertz CT molecular complexity index is 1450. The molecule has 0 fully saturated rings. The van der Waals surface area contributed by atoms with E-state index in [4.69, 9.17) is 4.52 Å². The van der Waals surface area contributed by atoms with E-state index in [1.165, 1.54) is 0 Å². The lowest BCUT2D eigenvalue weighted by molar-refractivity contribution is 0.432. The minimum absolute atomic E-state index is 0.0910. The molecule has 0 spiro atoms. The zero-order valence-electron chi connectivity index (χ0n) is 16.0. The van der Waals surface area contributed by atoms with Gasteiger partial charge in [0, 0.05) is 32.7 Å². The van der Waals surface area contributed by atoms with Crippen LogP contribution in [0, 0.1) is 6.92 Å². The number of halogens is 1. The van der Waals surface area contributed by atoms with Crippen LogP contribution in [0.1, 0.15) is 5.56 Å². The third kappa shape index (κ3) is 3.25. The fraction of sp³-hybridized carbons (Fsp3) is 0.0417. The molecule has 0 radical (unpaired) electrons. The molecule has 5 nitrogen and oxygen atoms in total. The highest BCUT2D eigenvalue weighted by Gasteiger charge is 2.17. The van der Waals surface area contributed by atoms with Gasteiger partial charge in [0.1, 0.15) is 0 Å². The summed E-state index contributed by atoms with van der Waals surface area (Å²) in [6.07, 6.45) is 1.78. The van der Waals surface area contributed by atoms with Crippen molar-refractivity contribution in [3.8, 4) is 28.5 Å². The molecule has 0 N–H and O–H groups in total. The second-order valence-corrected chi connectivity index (χ2v) is 7.95. The first-order chi connectivity index (χ1) is 14.6. The van der Waals surface area contributed by atoms with Gasteiger partial charge in [0.25, 0.3) is 11.4 Å². The van der Waals surface area contributed by atoms with Crippen LogP contribution in [-0.4, -0.2) is 14.7 Å². The van der Waals surface area contributed by atoms with Crippen molar-refractivity contribution >= 4 is 26.7 Å². The molecule has 0 amide bonds. The maximum atomic E-state index is 13.2.